The molecule has 0 aromatic carbocycles. The molecule has 0 aliphatic carbocycles. The highest BCUT2D eigenvalue weighted by atomic mass is 16.6. The summed E-state index contributed by atoms with van der Waals surface area (Å²) in [7, 11) is 0. The predicted molar refractivity (Wildman–Crippen MR) is 41.2 cm³/mol. The number of ether oxygens (including phenoxy) is 3. The van der Waals surface area contributed by atoms with Gasteiger partial charge in [0.2, 0.25) is 5.76 Å². The van der Waals surface area contributed by atoms with E-state index in [4.69, 9.17) is 14.2 Å². The second-order valence-electron chi connectivity index (χ2n) is 2.34. The van der Waals surface area contributed by atoms with Crippen molar-refractivity contribution < 1.29 is 19.0 Å². The molecule has 0 atom stereocenters. The van der Waals surface area contributed by atoms with Gasteiger partial charge in [-0.05, 0) is 6.42 Å². The monoisotopic (exact) mass is 172 g/mol. The van der Waals surface area contributed by atoms with Crippen molar-refractivity contribution >= 4 is 5.97 Å². The third-order valence-corrected chi connectivity index (χ3v) is 1.29. The van der Waals surface area contributed by atoms with Crippen LogP contribution in [0.3, 0.4) is 0 Å². The van der Waals surface area contributed by atoms with Crippen LogP contribution in [-0.4, -0.2) is 25.8 Å². The molecule has 12 heavy (non-hydrogen) atoms. The molecular formula is C8H12O4. The summed E-state index contributed by atoms with van der Waals surface area (Å²) in [5, 5.41) is 0. The van der Waals surface area contributed by atoms with Crippen LogP contribution < -0.4 is 0 Å². The van der Waals surface area contributed by atoms with Crippen LogP contribution in [0.5, 0.6) is 0 Å². The van der Waals surface area contributed by atoms with Crippen molar-refractivity contribution in [2.75, 3.05) is 19.8 Å². The van der Waals surface area contributed by atoms with Gasteiger partial charge in [-0.25, -0.2) is 4.79 Å². The molecule has 1 rings (SSSR count). The Morgan fingerprint density at radius 2 is 2.50 bits per heavy atom. The van der Waals surface area contributed by atoms with E-state index in [-0.39, 0.29) is 5.76 Å². The molecule has 1 aliphatic rings. The molecule has 0 saturated heterocycles. The predicted octanol–water partition coefficient (Wildman–Crippen LogP) is 0.828. The molecule has 4 heteroatoms. The minimum atomic E-state index is -0.448. The quantitative estimate of drug-likeness (QED) is 0.591. The Kier molecular flexibility index (Phi) is 3.44. The minimum Gasteiger partial charge on any atom is -0.493 e. The maximum atomic E-state index is 11.1. The van der Waals surface area contributed by atoms with Gasteiger partial charge in [0.1, 0.15) is 19.5 Å². The largest absolute Gasteiger partial charge is 0.493 e. The molecular weight excluding hydrogens is 160 g/mol. The fourth-order valence-electron chi connectivity index (χ4n) is 0.741. The molecule has 0 fully saturated rings. The van der Waals surface area contributed by atoms with Gasteiger partial charge < -0.3 is 14.2 Å². The van der Waals surface area contributed by atoms with Gasteiger partial charge in [0.15, 0.2) is 0 Å². The van der Waals surface area contributed by atoms with Crippen LogP contribution in [0, 0.1) is 0 Å². The van der Waals surface area contributed by atoms with Crippen LogP contribution in [-0.2, 0) is 19.0 Å². The van der Waals surface area contributed by atoms with Gasteiger partial charge in [0.25, 0.3) is 0 Å². The maximum Gasteiger partial charge on any atom is 0.376 e. The Labute approximate surface area is 71.1 Å². The standard InChI is InChI=1S/C8H12O4/c1-2-3-12-8(9)7-6-10-4-5-11-7/h6H,2-5H2,1H3. The second kappa shape index (κ2) is 4.64. The second-order valence-corrected chi connectivity index (χ2v) is 2.34. The summed E-state index contributed by atoms with van der Waals surface area (Å²) in [5.41, 5.74) is 0. The lowest BCUT2D eigenvalue weighted by molar-refractivity contribution is -0.144. The molecule has 0 bridgehead atoms. The summed E-state index contributed by atoms with van der Waals surface area (Å²) in [5.74, 6) is -0.286. The molecule has 0 spiro atoms. The van der Waals surface area contributed by atoms with E-state index in [1.54, 1.807) is 0 Å². The summed E-state index contributed by atoms with van der Waals surface area (Å²) in [4.78, 5) is 11.1. The molecule has 0 aromatic heterocycles. The van der Waals surface area contributed by atoms with Gasteiger partial charge in [-0.3, -0.25) is 0 Å². The number of rotatable bonds is 3. The summed E-state index contributed by atoms with van der Waals surface area (Å²) in [6, 6.07) is 0. The van der Waals surface area contributed by atoms with Gasteiger partial charge in [-0.1, -0.05) is 6.92 Å². The number of hydrogen-bond acceptors (Lipinski definition) is 4. The Bertz CT molecular complexity index is 185. The van der Waals surface area contributed by atoms with E-state index < -0.39 is 5.97 Å². The average molecular weight is 172 g/mol. The van der Waals surface area contributed by atoms with Gasteiger partial charge in [0, 0.05) is 0 Å². The highest BCUT2D eigenvalue weighted by Crippen LogP contribution is 2.05. The van der Waals surface area contributed by atoms with Crippen molar-refractivity contribution in [3.63, 3.8) is 0 Å². The SMILES string of the molecule is CCCOC(=O)C1=COCCO1. The maximum absolute atomic E-state index is 11.1. The van der Waals surface area contributed by atoms with Crippen LogP contribution in [0.4, 0.5) is 0 Å². The van der Waals surface area contributed by atoms with Crippen LogP contribution >= 0.6 is 0 Å². The van der Waals surface area contributed by atoms with Gasteiger partial charge in [-0.15, -0.1) is 0 Å². The molecule has 0 N–H and O–H groups in total. The van der Waals surface area contributed by atoms with Crippen molar-refractivity contribution in [2.45, 2.75) is 13.3 Å². The summed E-state index contributed by atoms with van der Waals surface area (Å²) >= 11 is 0. The number of hydrogen-bond donors (Lipinski definition) is 0. The molecule has 1 heterocycles. The first-order valence-corrected chi connectivity index (χ1v) is 3.96. The lowest BCUT2D eigenvalue weighted by Crippen LogP contribution is -2.17. The first-order valence-electron chi connectivity index (χ1n) is 3.96. The minimum absolute atomic E-state index is 0.162. The van der Waals surface area contributed by atoms with E-state index in [0.29, 0.717) is 19.8 Å². The van der Waals surface area contributed by atoms with Crippen molar-refractivity contribution in [2.24, 2.45) is 0 Å². The van der Waals surface area contributed by atoms with Crippen LogP contribution in [0.1, 0.15) is 13.3 Å². The number of esters is 1. The van der Waals surface area contributed by atoms with Crippen molar-refractivity contribution in [1.29, 1.82) is 0 Å². The molecule has 1 aliphatic heterocycles. The van der Waals surface area contributed by atoms with E-state index >= 15 is 0 Å². The van der Waals surface area contributed by atoms with Crippen LogP contribution in [0.2, 0.25) is 0 Å². The third-order valence-electron chi connectivity index (χ3n) is 1.29. The summed E-state index contributed by atoms with van der Waals surface area (Å²) in [6.07, 6.45) is 2.10. The van der Waals surface area contributed by atoms with E-state index in [2.05, 4.69) is 0 Å². The van der Waals surface area contributed by atoms with Crippen LogP contribution in [0.15, 0.2) is 12.0 Å². The van der Waals surface area contributed by atoms with E-state index in [0.717, 1.165) is 6.42 Å². The van der Waals surface area contributed by atoms with Gasteiger partial charge in [-0.2, -0.15) is 0 Å². The molecule has 68 valence electrons. The summed E-state index contributed by atoms with van der Waals surface area (Å²) in [6.45, 7) is 3.25. The van der Waals surface area contributed by atoms with Gasteiger partial charge >= 0.3 is 5.97 Å². The van der Waals surface area contributed by atoms with Crippen molar-refractivity contribution in [3.8, 4) is 0 Å². The molecule has 0 aromatic rings. The zero-order chi connectivity index (χ0) is 8.81. The van der Waals surface area contributed by atoms with Crippen LogP contribution in [0.25, 0.3) is 0 Å². The first-order chi connectivity index (χ1) is 5.84. The Balaban J connectivity index is 2.35. The first kappa shape index (κ1) is 8.90. The summed E-state index contributed by atoms with van der Waals surface area (Å²) < 4.78 is 14.7. The molecule has 0 radical (unpaired) electrons. The van der Waals surface area contributed by atoms with Gasteiger partial charge in [0.05, 0.1) is 6.61 Å². The fraction of sp³-hybridized carbons (Fsp3) is 0.625. The van der Waals surface area contributed by atoms with E-state index in [1.165, 1.54) is 6.26 Å². The molecule has 4 nitrogen and oxygen atoms in total. The van der Waals surface area contributed by atoms with E-state index in [9.17, 15) is 4.79 Å². The smallest absolute Gasteiger partial charge is 0.376 e. The van der Waals surface area contributed by atoms with E-state index in [1.807, 2.05) is 6.92 Å². The lowest BCUT2D eigenvalue weighted by atomic mass is 10.5. The van der Waals surface area contributed by atoms with Crippen molar-refractivity contribution in [1.82, 2.24) is 0 Å². The zero-order valence-corrected chi connectivity index (χ0v) is 7.04. The Morgan fingerprint density at radius 1 is 1.67 bits per heavy atom. The number of carbonyl (C=O) groups excluding carboxylic acids is 1. The third kappa shape index (κ3) is 2.45. The zero-order valence-electron chi connectivity index (χ0n) is 7.04. The highest BCUT2D eigenvalue weighted by Gasteiger charge is 2.15. The topological polar surface area (TPSA) is 44.8 Å². The Morgan fingerprint density at radius 3 is 3.08 bits per heavy atom. The lowest BCUT2D eigenvalue weighted by Gasteiger charge is -2.13. The molecule has 0 unspecified atom stereocenters. The fourth-order valence-corrected chi connectivity index (χ4v) is 0.741. The Hall–Kier alpha value is -1.19. The molecule has 0 amide bonds. The normalized spacial score (nSPS) is 15.6. The molecule has 0 saturated carbocycles. The average Bonchev–Trinajstić information content (AvgIpc) is 2.15. The van der Waals surface area contributed by atoms with Crippen molar-refractivity contribution in [3.05, 3.63) is 12.0 Å². The number of carbonyl (C=O) groups is 1. The highest BCUT2D eigenvalue weighted by molar-refractivity contribution is 5.85.